The molecule has 0 spiro atoms. The largest absolute Gasteiger partial charge is 0.453 e. The SMILES string of the molecule is Cc1c(C(=O)ON=Cc2ccccc2)sc2nc(C(F)(F)F)nn12. The highest BCUT2D eigenvalue weighted by Crippen LogP contribution is 2.29. The highest BCUT2D eigenvalue weighted by Gasteiger charge is 2.37. The number of fused-ring (bicyclic) bond motifs is 1. The lowest BCUT2D eigenvalue weighted by Gasteiger charge is -1.99. The smallest absolute Gasteiger partial charge is 0.312 e. The molecule has 0 saturated heterocycles. The maximum atomic E-state index is 12.6. The van der Waals surface area contributed by atoms with Gasteiger partial charge < -0.3 is 4.84 Å². The molecule has 124 valence electrons. The summed E-state index contributed by atoms with van der Waals surface area (Å²) in [6, 6.07) is 8.96. The standard InChI is InChI=1S/C14H9F3N4O2S/c1-8-10(11(22)23-18-7-9-5-3-2-4-6-9)24-13-19-12(14(15,16)17)20-21(8)13/h2-7H,1H3. The van der Waals surface area contributed by atoms with Crippen LogP contribution < -0.4 is 0 Å². The predicted octanol–water partition coefficient (Wildman–Crippen LogP) is 3.31. The van der Waals surface area contributed by atoms with Gasteiger partial charge in [-0.05, 0) is 12.5 Å². The molecule has 0 aliphatic carbocycles. The van der Waals surface area contributed by atoms with Crippen LogP contribution in [0.25, 0.3) is 4.96 Å². The van der Waals surface area contributed by atoms with E-state index in [0.717, 1.165) is 21.4 Å². The topological polar surface area (TPSA) is 68.8 Å². The normalized spacial score (nSPS) is 12.2. The minimum atomic E-state index is -4.64. The van der Waals surface area contributed by atoms with E-state index in [1.807, 2.05) is 6.07 Å². The van der Waals surface area contributed by atoms with Gasteiger partial charge >= 0.3 is 12.1 Å². The first-order valence-electron chi connectivity index (χ1n) is 6.59. The molecule has 0 atom stereocenters. The Labute approximate surface area is 137 Å². The summed E-state index contributed by atoms with van der Waals surface area (Å²) in [7, 11) is 0. The van der Waals surface area contributed by atoms with Crippen molar-refractivity contribution in [2.75, 3.05) is 0 Å². The zero-order valence-corrected chi connectivity index (χ0v) is 12.9. The first-order chi connectivity index (χ1) is 11.4. The van der Waals surface area contributed by atoms with Crippen molar-refractivity contribution in [3.8, 4) is 0 Å². The third kappa shape index (κ3) is 3.13. The second kappa shape index (κ2) is 6.04. The Hall–Kier alpha value is -2.75. The van der Waals surface area contributed by atoms with E-state index < -0.39 is 18.0 Å². The fraction of sp³-hybridized carbons (Fsp3) is 0.143. The molecule has 0 amide bonds. The number of nitrogens with zero attached hydrogens (tertiary/aromatic N) is 4. The Morgan fingerprint density at radius 2 is 2.04 bits per heavy atom. The number of alkyl halides is 3. The molecular weight excluding hydrogens is 345 g/mol. The number of benzene rings is 1. The zero-order chi connectivity index (χ0) is 17.3. The molecule has 0 bridgehead atoms. The Kier molecular flexibility index (Phi) is 4.06. The number of hydrogen-bond acceptors (Lipinski definition) is 6. The van der Waals surface area contributed by atoms with Gasteiger partial charge in [-0.2, -0.15) is 18.2 Å². The van der Waals surface area contributed by atoms with Gasteiger partial charge in [-0.15, -0.1) is 5.10 Å². The van der Waals surface area contributed by atoms with Crippen LogP contribution in [0.4, 0.5) is 13.2 Å². The Bertz CT molecular complexity index is 915. The van der Waals surface area contributed by atoms with Gasteiger partial charge in [0.25, 0.3) is 5.82 Å². The monoisotopic (exact) mass is 354 g/mol. The lowest BCUT2D eigenvalue weighted by molar-refractivity contribution is -0.144. The molecule has 2 heterocycles. The molecule has 0 radical (unpaired) electrons. The molecule has 0 unspecified atom stereocenters. The third-order valence-corrected chi connectivity index (χ3v) is 4.11. The highest BCUT2D eigenvalue weighted by atomic mass is 32.1. The summed E-state index contributed by atoms with van der Waals surface area (Å²) in [6.45, 7) is 1.45. The average Bonchev–Trinajstić information content (AvgIpc) is 3.08. The first kappa shape index (κ1) is 16.1. The second-order valence-corrected chi connectivity index (χ2v) is 5.65. The number of hydrogen-bond donors (Lipinski definition) is 0. The molecule has 0 aliphatic heterocycles. The number of carbonyl (C=O) groups is 1. The molecule has 0 N–H and O–H groups in total. The van der Waals surface area contributed by atoms with Gasteiger partial charge in [-0.3, -0.25) is 0 Å². The van der Waals surface area contributed by atoms with Gasteiger partial charge in [0.2, 0.25) is 4.96 Å². The van der Waals surface area contributed by atoms with E-state index in [9.17, 15) is 18.0 Å². The molecule has 10 heteroatoms. The molecule has 3 rings (SSSR count). The molecule has 2 aromatic heterocycles. The van der Waals surface area contributed by atoms with Crippen molar-refractivity contribution in [3.05, 3.63) is 52.3 Å². The number of aromatic nitrogens is 3. The number of halogens is 3. The summed E-state index contributed by atoms with van der Waals surface area (Å²) in [4.78, 5) is 20.2. The van der Waals surface area contributed by atoms with Crippen LogP contribution in [-0.2, 0) is 11.0 Å². The number of thiazole rings is 1. The fourth-order valence-electron chi connectivity index (χ4n) is 1.87. The van der Waals surface area contributed by atoms with Crippen LogP contribution in [0.15, 0.2) is 35.5 Å². The summed E-state index contributed by atoms with van der Waals surface area (Å²) in [5.41, 5.74) is 0.942. The van der Waals surface area contributed by atoms with Gasteiger partial charge in [-0.25, -0.2) is 9.31 Å². The van der Waals surface area contributed by atoms with Crippen LogP contribution in [0.5, 0.6) is 0 Å². The molecule has 6 nitrogen and oxygen atoms in total. The van der Waals surface area contributed by atoms with Crippen LogP contribution in [0, 0.1) is 6.92 Å². The van der Waals surface area contributed by atoms with Gasteiger partial charge in [0.15, 0.2) is 0 Å². The van der Waals surface area contributed by atoms with Gasteiger partial charge in [0.1, 0.15) is 4.88 Å². The van der Waals surface area contributed by atoms with E-state index in [1.54, 1.807) is 24.3 Å². The summed E-state index contributed by atoms with van der Waals surface area (Å²) in [5, 5.41) is 6.93. The summed E-state index contributed by atoms with van der Waals surface area (Å²) >= 11 is 0.756. The van der Waals surface area contributed by atoms with Crippen LogP contribution >= 0.6 is 11.3 Å². The molecule has 0 saturated carbocycles. The molecule has 3 aromatic rings. The maximum absolute atomic E-state index is 12.6. The van der Waals surface area contributed by atoms with Crippen LogP contribution in [0.1, 0.15) is 26.8 Å². The molecule has 0 aliphatic rings. The van der Waals surface area contributed by atoms with E-state index in [-0.39, 0.29) is 15.5 Å². The Morgan fingerprint density at radius 3 is 2.67 bits per heavy atom. The quantitative estimate of drug-likeness (QED) is 0.411. The molecule has 1 aromatic carbocycles. The van der Waals surface area contributed by atoms with Crippen LogP contribution in [0.3, 0.4) is 0 Å². The van der Waals surface area contributed by atoms with Crippen LogP contribution in [-0.4, -0.2) is 26.8 Å². The fourth-order valence-corrected chi connectivity index (χ4v) is 2.80. The maximum Gasteiger partial charge on any atom is 0.453 e. The van der Waals surface area contributed by atoms with Crippen LogP contribution in [0.2, 0.25) is 0 Å². The number of rotatable bonds is 3. The van der Waals surface area contributed by atoms with Crippen molar-refractivity contribution in [1.29, 1.82) is 0 Å². The summed E-state index contributed by atoms with van der Waals surface area (Å²) in [5.74, 6) is -2.04. The molecule has 24 heavy (non-hydrogen) atoms. The van der Waals surface area contributed by atoms with Crippen molar-refractivity contribution in [1.82, 2.24) is 14.6 Å². The Balaban J connectivity index is 1.79. The highest BCUT2D eigenvalue weighted by molar-refractivity contribution is 7.18. The summed E-state index contributed by atoms with van der Waals surface area (Å²) in [6.07, 6.45) is -3.29. The van der Waals surface area contributed by atoms with Crippen molar-refractivity contribution in [2.45, 2.75) is 13.1 Å². The number of oxime groups is 1. The van der Waals surface area contributed by atoms with E-state index in [4.69, 9.17) is 4.84 Å². The van der Waals surface area contributed by atoms with Crippen molar-refractivity contribution in [3.63, 3.8) is 0 Å². The van der Waals surface area contributed by atoms with Crippen molar-refractivity contribution in [2.24, 2.45) is 5.16 Å². The minimum absolute atomic E-state index is 0.0428. The number of aryl methyl sites for hydroxylation is 1. The summed E-state index contributed by atoms with van der Waals surface area (Å²) < 4.78 is 38.7. The minimum Gasteiger partial charge on any atom is -0.312 e. The number of carbonyl (C=O) groups excluding carboxylic acids is 1. The van der Waals surface area contributed by atoms with Crippen molar-refractivity contribution < 1.29 is 22.8 Å². The van der Waals surface area contributed by atoms with Gasteiger partial charge in [0, 0.05) is 0 Å². The second-order valence-electron chi connectivity index (χ2n) is 4.67. The van der Waals surface area contributed by atoms with E-state index in [2.05, 4.69) is 15.2 Å². The first-order valence-corrected chi connectivity index (χ1v) is 7.41. The molecular formula is C14H9F3N4O2S. The zero-order valence-electron chi connectivity index (χ0n) is 12.1. The van der Waals surface area contributed by atoms with E-state index >= 15 is 0 Å². The van der Waals surface area contributed by atoms with Gasteiger partial charge in [-0.1, -0.05) is 46.8 Å². The predicted molar refractivity (Wildman–Crippen MR) is 80.1 cm³/mol. The lowest BCUT2D eigenvalue weighted by atomic mass is 10.2. The lowest BCUT2D eigenvalue weighted by Crippen LogP contribution is -2.08. The van der Waals surface area contributed by atoms with Crippen molar-refractivity contribution >= 4 is 28.5 Å². The average molecular weight is 354 g/mol. The third-order valence-electron chi connectivity index (χ3n) is 2.99. The van der Waals surface area contributed by atoms with E-state index in [0.29, 0.717) is 0 Å². The Morgan fingerprint density at radius 1 is 1.33 bits per heavy atom. The van der Waals surface area contributed by atoms with E-state index in [1.165, 1.54) is 13.1 Å². The van der Waals surface area contributed by atoms with Gasteiger partial charge in [0.05, 0.1) is 11.9 Å². The molecule has 0 fully saturated rings.